The molecule has 0 unspecified atom stereocenters. The second-order valence-electron chi connectivity index (χ2n) is 6.66. The number of fused-ring (bicyclic) bond motifs is 1. The largest absolute Gasteiger partial charge is 0.497 e. The van der Waals surface area contributed by atoms with Crippen LogP contribution in [0.2, 0.25) is 0 Å². The highest BCUT2D eigenvalue weighted by atomic mass is 35.5. The molecule has 0 N–H and O–H groups in total. The summed E-state index contributed by atoms with van der Waals surface area (Å²) in [6.45, 7) is 0.533. The predicted octanol–water partition coefficient (Wildman–Crippen LogP) is 5.10. The molecule has 0 aliphatic heterocycles. The second kappa shape index (κ2) is 7.45. The summed E-state index contributed by atoms with van der Waals surface area (Å²) in [4.78, 5) is 13.3. The molecule has 3 aromatic rings. The molecule has 0 bridgehead atoms. The van der Waals surface area contributed by atoms with Crippen molar-refractivity contribution in [3.05, 3.63) is 92.7 Å². The Hall–Kier alpha value is -2.78. The van der Waals surface area contributed by atoms with Gasteiger partial charge in [-0.3, -0.25) is 4.79 Å². The summed E-state index contributed by atoms with van der Waals surface area (Å²) in [6.07, 6.45) is 3.32. The van der Waals surface area contributed by atoms with Crippen molar-refractivity contribution in [1.82, 2.24) is 4.57 Å². The number of benzene rings is 2. The number of hydrogen-bond acceptors (Lipinski definition) is 2. The molecule has 0 spiro atoms. The zero-order valence-electron chi connectivity index (χ0n) is 15.1. The van der Waals surface area contributed by atoms with Crippen molar-refractivity contribution in [2.45, 2.75) is 19.4 Å². The number of aromatic nitrogens is 1. The minimum atomic E-state index is 0.0580. The molecular formula is C23H20ClNO2. The van der Waals surface area contributed by atoms with E-state index in [1.54, 1.807) is 7.11 Å². The summed E-state index contributed by atoms with van der Waals surface area (Å²) < 4.78 is 7.13. The Balaban J connectivity index is 1.90. The van der Waals surface area contributed by atoms with Crippen LogP contribution in [-0.4, -0.2) is 11.7 Å². The summed E-state index contributed by atoms with van der Waals surface area (Å²) in [5.74, 6) is 0.789. The molecular weight excluding hydrogens is 358 g/mol. The molecule has 3 nitrogen and oxygen atoms in total. The van der Waals surface area contributed by atoms with Gasteiger partial charge in [-0.25, -0.2) is 0 Å². The molecule has 1 aliphatic rings. The number of allylic oxidation sites excluding steroid dienone is 1. The van der Waals surface area contributed by atoms with Crippen molar-refractivity contribution in [3.8, 4) is 17.0 Å². The summed E-state index contributed by atoms with van der Waals surface area (Å²) >= 11 is 6.24. The molecule has 136 valence electrons. The van der Waals surface area contributed by atoms with E-state index in [2.05, 4.69) is 6.07 Å². The maximum atomic E-state index is 13.3. The molecule has 2 aromatic carbocycles. The van der Waals surface area contributed by atoms with E-state index in [4.69, 9.17) is 16.3 Å². The van der Waals surface area contributed by atoms with Crippen molar-refractivity contribution in [2.24, 2.45) is 0 Å². The van der Waals surface area contributed by atoms with Crippen molar-refractivity contribution >= 4 is 17.7 Å². The van der Waals surface area contributed by atoms with Crippen molar-refractivity contribution in [1.29, 1.82) is 0 Å². The molecule has 0 saturated heterocycles. The average molecular weight is 378 g/mol. The Morgan fingerprint density at radius 2 is 1.78 bits per heavy atom. The molecule has 0 saturated carbocycles. The Morgan fingerprint density at radius 1 is 1.04 bits per heavy atom. The molecule has 0 atom stereocenters. The van der Waals surface area contributed by atoms with E-state index in [9.17, 15) is 4.79 Å². The number of ether oxygens (including phenoxy) is 1. The molecule has 27 heavy (non-hydrogen) atoms. The van der Waals surface area contributed by atoms with Crippen LogP contribution in [0.1, 0.15) is 23.1 Å². The number of methoxy groups -OCH3 is 1. The van der Waals surface area contributed by atoms with Crippen LogP contribution in [0, 0.1) is 0 Å². The first-order valence-electron chi connectivity index (χ1n) is 8.97. The zero-order valence-corrected chi connectivity index (χ0v) is 15.9. The molecule has 0 fully saturated rings. The summed E-state index contributed by atoms with van der Waals surface area (Å²) in [5.41, 5.74) is 4.77. The molecule has 1 heterocycles. The second-order valence-corrected chi connectivity index (χ2v) is 7.15. The van der Waals surface area contributed by atoms with Crippen LogP contribution in [0.5, 0.6) is 5.75 Å². The molecule has 1 aromatic heterocycles. The third kappa shape index (κ3) is 3.56. The molecule has 4 rings (SSSR count). The van der Waals surface area contributed by atoms with Crippen molar-refractivity contribution in [2.75, 3.05) is 7.11 Å². The normalized spacial score (nSPS) is 13.0. The van der Waals surface area contributed by atoms with Gasteiger partial charge in [-0.15, -0.1) is 0 Å². The van der Waals surface area contributed by atoms with Gasteiger partial charge in [-0.05, 0) is 65.9 Å². The third-order valence-electron chi connectivity index (χ3n) is 4.93. The number of pyridine rings is 1. The van der Waals surface area contributed by atoms with Crippen LogP contribution < -0.4 is 10.3 Å². The Labute approximate surface area is 163 Å². The van der Waals surface area contributed by atoms with Gasteiger partial charge in [-0.1, -0.05) is 41.9 Å². The topological polar surface area (TPSA) is 31.2 Å². The van der Waals surface area contributed by atoms with Crippen LogP contribution in [0.4, 0.5) is 0 Å². The first-order valence-corrected chi connectivity index (χ1v) is 9.34. The first kappa shape index (κ1) is 17.6. The lowest BCUT2D eigenvalue weighted by molar-refractivity contribution is 0.415. The van der Waals surface area contributed by atoms with Gasteiger partial charge in [0.2, 0.25) is 0 Å². The number of rotatable bonds is 4. The minimum absolute atomic E-state index is 0.0580. The van der Waals surface area contributed by atoms with E-state index in [0.717, 1.165) is 45.2 Å². The van der Waals surface area contributed by atoms with Gasteiger partial charge in [-0.2, -0.15) is 0 Å². The van der Waals surface area contributed by atoms with Crippen molar-refractivity contribution < 1.29 is 4.74 Å². The van der Waals surface area contributed by atoms with Gasteiger partial charge >= 0.3 is 0 Å². The summed E-state index contributed by atoms with van der Waals surface area (Å²) in [7, 11) is 1.64. The van der Waals surface area contributed by atoms with E-state index >= 15 is 0 Å². The number of halogens is 1. The summed E-state index contributed by atoms with van der Waals surface area (Å²) in [6, 6.07) is 19.9. The van der Waals surface area contributed by atoms with Gasteiger partial charge in [0, 0.05) is 10.6 Å². The van der Waals surface area contributed by atoms with Gasteiger partial charge in [0.25, 0.3) is 5.56 Å². The van der Waals surface area contributed by atoms with Gasteiger partial charge in [0.05, 0.1) is 19.3 Å². The van der Waals surface area contributed by atoms with Crippen LogP contribution in [0.25, 0.3) is 17.3 Å². The minimum Gasteiger partial charge on any atom is -0.497 e. The van der Waals surface area contributed by atoms with Gasteiger partial charge < -0.3 is 9.30 Å². The summed E-state index contributed by atoms with van der Waals surface area (Å²) in [5, 5.41) is 0.795. The molecule has 0 radical (unpaired) electrons. The van der Waals surface area contributed by atoms with Gasteiger partial charge in [0.15, 0.2) is 0 Å². The molecule has 0 amide bonds. The van der Waals surface area contributed by atoms with Crippen molar-refractivity contribution in [3.63, 3.8) is 0 Å². The average Bonchev–Trinajstić information content (AvgIpc) is 2.70. The Morgan fingerprint density at radius 3 is 2.48 bits per heavy atom. The van der Waals surface area contributed by atoms with E-state index in [-0.39, 0.29) is 5.56 Å². The Kier molecular flexibility index (Phi) is 4.87. The number of hydrogen-bond donors (Lipinski definition) is 0. The fourth-order valence-electron chi connectivity index (χ4n) is 3.50. The predicted molar refractivity (Wildman–Crippen MR) is 110 cm³/mol. The molecule has 4 heteroatoms. The van der Waals surface area contributed by atoms with Crippen LogP contribution >= 0.6 is 11.6 Å². The standard InChI is InChI=1S/C23H20ClNO2/c1-27-20-10-7-17(8-11-20)22-14-18-13-19(24)9-12-21(18)23(26)25(22)15-16-5-3-2-4-6-16/h2-8,10-11,13-14H,9,12,15H2,1H3. The monoisotopic (exact) mass is 377 g/mol. The maximum Gasteiger partial charge on any atom is 0.255 e. The fraction of sp³-hybridized carbons (Fsp3) is 0.174. The van der Waals surface area contributed by atoms with E-state index in [1.165, 1.54) is 0 Å². The highest BCUT2D eigenvalue weighted by Crippen LogP contribution is 2.29. The fourth-order valence-corrected chi connectivity index (χ4v) is 3.71. The lowest BCUT2D eigenvalue weighted by Crippen LogP contribution is -2.27. The van der Waals surface area contributed by atoms with Crippen LogP contribution in [0.15, 0.2) is 70.5 Å². The lowest BCUT2D eigenvalue weighted by atomic mass is 9.96. The van der Waals surface area contributed by atoms with E-state index in [1.807, 2.05) is 65.2 Å². The van der Waals surface area contributed by atoms with Gasteiger partial charge in [0.1, 0.15) is 5.75 Å². The SMILES string of the molecule is COc1ccc(-c2cc3c(c(=O)n2Cc2ccccc2)CCC(Cl)=C3)cc1. The maximum absolute atomic E-state index is 13.3. The Bertz CT molecular complexity index is 1050. The first-order chi connectivity index (χ1) is 13.2. The van der Waals surface area contributed by atoms with E-state index in [0.29, 0.717) is 13.0 Å². The zero-order chi connectivity index (χ0) is 18.8. The highest BCUT2D eigenvalue weighted by molar-refractivity contribution is 6.31. The van der Waals surface area contributed by atoms with E-state index < -0.39 is 0 Å². The van der Waals surface area contributed by atoms with Crippen LogP contribution in [-0.2, 0) is 13.0 Å². The quantitative estimate of drug-likeness (QED) is 0.633. The number of nitrogens with zero attached hydrogens (tertiary/aromatic N) is 1. The lowest BCUT2D eigenvalue weighted by Gasteiger charge is -2.20. The van der Waals surface area contributed by atoms with Crippen LogP contribution in [0.3, 0.4) is 0 Å². The molecule has 1 aliphatic carbocycles. The third-order valence-corrected chi connectivity index (χ3v) is 5.23. The smallest absolute Gasteiger partial charge is 0.255 e. The highest BCUT2D eigenvalue weighted by Gasteiger charge is 2.18.